The van der Waals surface area contributed by atoms with E-state index in [1.165, 1.54) is 11.8 Å². The van der Waals surface area contributed by atoms with Crippen LogP contribution in [0.2, 0.25) is 10.0 Å². The molecule has 0 fully saturated rings. The topological polar surface area (TPSA) is 80.9 Å². The van der Waals surface area contributed by atoms with Crippen molar-refractivity contribution in [1.82, 2.24) is 9.97 Å². The molecule has 0 aliphatic carbocycles. The number of para-hydroxylation sites is 1. The van der Waals surface area contributed by atoms with E-state index >= 15 is 0 Å². The number of rotatable bonds is 5. The lowest BCUT2D eigenvalue weighted by Crippen LogP contribution is -2.14. The van der Waals surface area contributed by atoms with Crippen LogP contribution in [-0.4, -0.2) is 21.6 Å². The van der Waals surface area contributed by atoms with Crippen molar-refractivity contribution in [3.8, 4) is 0 Å². The summed E-state index contributed by atoms with van der Waals surface area (Å²) >= 11 is 13.3. The Labute approximate surface area is 158 Å². The Morgan fingerprint density at radius 1 is 1.16 bits per heavy atom. The molecule has 0 saturated heterocycles. The minimum atomic E-state index is -0.164. The number of fused-ring (bicyclic) bond motifs is 1. The number of anilines is 2. The molecule has 5 nitrogen and oxygen atoms in total. The minimum absolute atomic E-state index is 0.164. The molecular weight excluding hydrogens is 379 g/mol. The molecule has 0 bridgehead atoms. The molecule has 0 aliphatic rings. The Balaban J connectivity index is 1.58. The molecule has 0 atom stereocenters. The molecule has 3 N–H and O–H groups in total. The maximum atomic E-state index is 12.0. The van der Waals surface area contributed by atoms with Crippen molar-refractivity contribution < 1.29 is 4.79 Å². The van der Waals surface area contributed by atoms with E-state index in [0.29, 0.717) is 33.1 Å². The van der Waals surface area contributed by atoms with Crippen LogP contribution in [0.25, 0.3) is 10.9 Å². The van der Waals surface area contributed by atoms with Crippen LogP contribution in [0.3, 0.4) is 0 Å². The van der Waals surface area contributed by atoms with Gasteiger partial charge in [-0.1, -0.05) is 35.3 Å². The molecule has 0 saturated carbocycles. The van der Waals surface area contributed by atoms with Crippen molar-refractivity contribution in [2.45, 2.75) is 5.75 Å². The van der Waals surface area contributed by atoms with Crippen molar-refractivity contribution >= 4 is 63.3 Å². The van der Waals surface area contributed by atoms with E-state index in [-0.39, 0.29) is 11.7 Å². The second-order valence-electron chi connectivity index (χ2n) is 5.21. The summed E-state index contributed by atoms with van der Waals surface area (Å²) in [6.07, 6.45) is 0. The predicted molar refractivity (Wildman–Crippen MR) is 105 cm³/mol. The van der Waals surface area contributed by atoms with Gasteiger partial charge in [0.2, 0.25) is 5.91 Å². The largest absolute Gasteiger partial charge is 0.383 e. The van der Waals surface area contributed by atoms with Crippen LogP contribution >= 0.6 is 35.0 Å². The maximum Gasteiger partial charge on any atom is 0.234 e. The van der Waals surface area contributed by atoms with Crippen LogP contribution in [0.1, 0.15) is 5.82 Å². The summed E-state index contributed by atoms with van der Waals surface area (Å²) in [6, 6.07) is 12.5. The summed E-state index contributed by atoms with van der Waals surface area (Å²) in [7, 11) is 0. The van der Waals surface area contributed by atoms with Gasteiger partial charge in [-0.25, -0.2) is 9.97 Å². The number of carbonyl (C=O) groups excluding carboxylic acids is 1. The zero-order valence-electron chi connectivity index (χ0n) is 13.0. The number of carbonyl (C=O) groups is 1. The summed E-state index contributed by atoms with van der Waals surface area (Å²) < 4.78 is 0. The number of nitrogens with one attached hydrogen (secondary N) is 1. The van der Waals surface area contributed by atoms with E-state index in [4.69, 9.17) is 28.9 Å². The Morgan fingerprint density at radius 3 is 2.76 bits per heavy atom. The average molecular weight is 393 g/mol. The highest BCUT2D eigenvalue weighted by Gasteiger charge is 2.09. The molecular formula is C17H14Cl2N4OS. The smallest absolute Gasteiger partial charge is 0.234 e. The van der Waals surface area contributed by atoms with Crippen molar-refractivity contribution in [2.75, 3.05) is 16.8 Å². The van der Waals surface area contributed by atoms with E-state index in [0.717, 1.165) is 10.9 Å². The number of nitrogens with zero attached hydrogens (tertiary/aromatic N) is 2. The fraction of sp³-hybridized carbons (Fsp3) is 0.118. The third-order valence-corrected chi connectivity index (χ3v) is 4.83. The van der Waals surface area contributed by atoms with Crippen LogP contribution in [0, 0.1) is 0 Å². The predicted octanol–water partition coefficient (Wildman–Crippen LogP) is 4.39. The first-order valence-corrected chi connectivity index (χ1v) is 9.28. The lowest BCUT2D eigenvalue weighted by atomic mass is 10.2. The first-order valence-electron chi connectivity index (χ1n) is 7.37. The number of aromatic nitrogens is 2. The van der Waals surface area contributed by atoms with Gasteiger partial charge in [-0.2, -0.15) is 0 Å². The number of hydrogen-bond donors (Lipinski definition) is 2. The summed E-state index contributed by atoms with van der Waals surface area (Å²) in [6.45, 7) is 0. The molecule has 0 spiro atoms. The molecule has 3 aromatic rings. The van der Waals surface area contributed by atoms with Crippen molar-refractivity contribution in [2.24, 2.45) is 0 Å². The molecule has 0 aliphatic heterocycles. The first-order chi connectivity index (χ1) is 12.0. The zero-order valence-corrected chi connectivity index (χ0v) is 15.3. The normalized spacial score (nSPS) is 10.8. The van der Waals surface area contributed by atoms with Gasteiger partial charge < -0.3 is 11.1 Å². The number of nitrogen functional groups attached to an aromatic ring is 1. The van der Waals surface area contributed by atoms with Gasteiger partial charge in [0, 0.05) is 10.4 Å². The van der Waals surface area contributed by atoms with Gasteiger partial charge in [0.15, 0.2) is 0 Å². The van der Waals surface area contributed by atoms with E-state index < -0.39 is 0 Å². The van der Waals surface area contributed by atoms with Crippen LogP contribution < -0.4 is 11.1 Å². The lowest BCUT2D eigenvalue weighted by molar-refractivity contribution is -0.113. The molecule has 1 amide bonds. The second kappa shape index (κ2) is 7.91. The lowest BCUT2D eigenvalue weighted by Gasteiger charge is -2.08. The second-order valence-corrected chi connectivity index (χ2v) is 7.04. The van der Waals surface area contributed by atoms with E-state index in [9.17, 15) is 4.79 Å². The summed E-state index contributed by atoms with van der Waals surface area (Å²) in [5.74, 6) is 1.60. The fourth-order valence-corrected chi connectivity index (χ4v) is 3.35. The molecule has 25 heavy (non-hydrogen) atoms. The quantitative estimate of drug-likeness (QED) is 0.672. The third kappa shape index (κ3) is 4.54. The number of thioether (sulfide) groups is 1. The standard InChI is InChI=1S/C17H14Cl2N4OS/c18-10-5-6-14(12(19)7-10)22-16(24)9-25-8-15-21-13-4-2-1-3-11(13)17(20)23-15/h1-7H,8-9H2,(H,22,24)(H2,20,21,23). The highest BCUT2D eigenvalue weighted by molar-refractivity contribution is 7.99. The van der Waals surface area contributed by atoms with Gasteiger partial charge in [-0.3, -0.25) is 4.79 Å². The molecule has 0 radical (unpaired) electrons. The zero-order chi connectivity index (χ0) is 17.8. The number of hydrogen-bond acceptors (Lipinski definition) is 5. The number of halogens is 2. The first kappa shape index (κ1) is 17.8. The van der Waals surface area contributed by atoms with Crippen LogP contribution in [-0.2, 0) is 10.5 Å². The van der Waals surface area contributed by atoms with Crippen LogP contribution in [0.4, 0.5) is 11.5 Å². The van der Waals surface area contributed by atoms with Crippen LogP contribution in [0.5, 0.6) is 0 Å². The summed E-state index contributed by atoms with van der Waals surface area (Å²) in [4.78, 5) is 20.8. The molecule has 0 unspecified atom stereocenters. The Bertz CT molecular complexity index is 936. The molecule has 1 aromatic heterocycles. The van der Waals surface area contributed by atoms with E-state index in [2.05, 4.69) is 15.3 Å². The molecule has 128 valence electrons. The monoisotopic (exact) mass is 392 g/mol. The fourth-order valence-electron chi connectivity index (χ4n) is 2.23. The Morgan fingerprint density at radius 2 is 1.96 bits per heavy atom. The summed E-state index contributed by atoms with van der Waals surface area (Å²) in [5, 5.41) is 4.49. The third-order valence-electron chi connectivity index (χ3n) is 3.35. The minimum Gasteiger partial charge on any atom is -0.383 e. The maximum absolute atomic E-state index is 12.0. The van der Waals surface area contributed by atoms with Gasteiger partial charge in [0.25, 0.3) is 0 Å². The molecule has 3 rings (SSSR count). The average Bonchev–Trinajstić information content (AvgIpc) is 2.57. The number of benzene rings is 2. The number of amides is 1. The Kier molecular flexibility index (Phi) is 5.63. The Hall–Kier alpha value is -2.02. The van der Waals surface area contributed by atoms with Crippen molar-refractivity contribution in [1.29, 1.82) is 0 Å². The molecule has 1 heterocycles. The molecule has 8 heteroatoms. The van der Waals surface area contributed by atoms with Gasteiger partial charge in [-0.15, -0.1) is 11.8 Å². The van der Waals surface area contributed by atoms with Gasteiger partial charge in [0.1, 0.15) is 11.6 Å². The van der Waals surface area contributed by atoms with Gasteiger partial charge in [0.05, 0.1) is 27.7 Å². The number of nitrogens with two attached hydrogens (primary N) is 1. The highest BCUT2D eigenvalue weighted by atomic mass is 35.5. The van der Waals surface area contributed by atoms with E-state index in [1.54, 1.807) is 18.2 Å². The van der Waals surface area contributed by atoms with E-state index in [1.807, 2.05) is 24.3 Å². The highest BCUT2D eigenvalue weighted by Crippen LogP contribution is 2.25. The van der Waals surface area contributed by atoms with Gasteiger partial charge >= 0.3 is 0 Å². The van der Waals surface area contributed by atoms with Crippen molar-refractivity contribution in [3.63, 3.8) is 0 Å². The summed E-state index contributed by atoms with van der Waals surface area (Å²) in [5.41, 5.74) is 7.28. The van der Waals surface area contributed by atoms with Crippen molar-refractivity contribution in [3.05, 3.63) is 58.3 Å². The molecule has 2 aromatic carbocycles. The van der Waals surface area contributed by atoms with Crippen LogP contribution in [0.15, 0.2) is 42.5 Å². The SMILES string of the molecule is Nc1nc(CSCC(=O)Nc2ccc(Cl)cc2Cl)nc2ccccc12. The van der Waals surface area contributed by atoms with Gasteiger partial charge in [-0.05, 0) is 30.3 Å².